The van der Waals surface area contributed by atoms with Gasteiger partial charge >= 0.3 is 0 Å². The summed E-state index contributed by atoms with van der Waals surface area (Å²) >= 11 is 1.79. The molecule has 2 unspecified atom stereocenters. The predicted octanol–water partition coefficient (Wildman–Crippen LogP) is 1.33. The lowest BCUT2D eigenvalue weighted by Gasteiger charge is -2.28. The zero-order chi connectivity index (χ0) is 11.4. The van der Waals surface area contributed by atoms with Crippen molar-refractivity contribution in [3.8, 4) is 0 Å². The fourth-order valence-electron chi connectivity index (χ4n) is 1.38. The van der Waals surface area contributed by atoms with Crippen LogP contribution in [0.4, 0.5) is 0 Å². The van der Waals surface area contributed by atoms with Gasteiger partial charge in [0, 0.05) is 24.8 Å². The van der Waals surface area contributed by atoms with E-state index < -0.39 is 0 Å². The Morgan fingerprint density at radius 1 is 1.62 bits per heavy atom. The molecule has 1 aliphatic rings. The Labute approximate surface area is 99.1 Å². The number of nitrogens with zero attached hydrogens (tertiary/aromatic N) is 3. The highest BCUT2D eigenvalue weighted by molar-refractivity contribution is 8.13. The number of rotatable bonds is 3. The van der Waals surface area contributed by atoms with Crippen LogP contribution in [0.5, 0.6) is 0 Å². The van der Waals surface area contributed by atoms with Crippen molar-refractivity contribution in [1.29, 1.82) is 0 Å². The summed E-state index contributed by atoms with van der Waals surface area (Å²) in [6, 6.07) is 0.505. The molecular weight excluding hydrogens is 224 g/mol. The molecule has 2 rings (SSSR count). The molecule has 1 fully saturated rings. The van der Waals surface area contributed by atoms with E-state index >= 15 is 0 Å². The lowest BCUT2D eigenvalue weighted by Crippen LogP contribution is -2.41. The van der Waals surface area contributed by atoms with Crippen molar-refractivity contribution in [3.63, 3.8) is 0 Å². The first-order valence-electron chi connectivity index (χ1n) is 5.44. The van der Waals surface area contributed by atoms with Crippen molar-refractivity contribution in [3.05, 3.63) is 12.2 Å². The molecule has 0 spiro atoms. The second kappa shape index (κ2) is 5.34. The minimum absolute atomic E-state index is 0.505. The van der Waals surface area contributed by atoms with Gasteiger partial charge in [0.25, 0.3) is 0 Å². The minimum atomic E-state index is 0.505. The minimum Gasteiger partial charge on any atom is -0.362 e. The maximum atomic E-state index is 4.66. The van der Waals surface area contributed by atoms with Gasteiger partial charge in [-0.3, -0.25) is 4.99 Å². The molecule has 88 valence electrons. The van der Waals surface area contributed by atoms with Gasteiger partial charge in [-0.1, -0.05) is 23.8 Å². The number of aliphatic imine (C=N–C) groups is 1. The van der Waals surface area contributed by atoms with E-state index in [0.29, 0.717) is 24.3 Å². The molecule has 1 N–H and O–H groups in total. The van der Waals surface area contributed by atoms with Gasteiger partial charge in [0.05, 0.1) is 0 Å². The molecule has 0 radical (unpaired) electrons. The van der Waals surface area contributed by atoms with Crippen LogP contribution in [0.25, 0.3) is 0 Å². The summed E-state index contributed by atoms with van der Waals surface area (Å²) < 4.78 is 4.66. The van der Waals surface area contributed by atoms with Crippen molar-refractivity contribution in [1.82, 2.24) is 15.5 Å². The number of amidine groups is 1. The van der Waals surface area contributed by atoms with Gasteiger partial charge in [-0.25, -0.2) is 0 Å². The molecule has 0 bridgehead atoms. The fourth-order valence-corrected chi connectivity index (χ4v) is 2.55. The summed E-state index contributed by atoms with van der Waals surface area (Å²) in [5.41, 5.74) is 0. The molecule has 0 amide bonds. The third-order valence-corrected chi connectivity index (χ3v) is 3.90. The molecule has 1 aliphatic heterocycles. The van der Waals surface area contributed by atoms with Gasteiger partial charge in [0.2, 0.25) is 6.39 Å². The number of thioether (sulfide) groups is 1. The third kappa shape index (κ3) is 2.98. The second-order valence-corrected chi connectivity index (χ2v) is 5.01. The molecule has 0 aromatic carbocycles. The normalized spacial score (nSPS) is 28.0. The van der Waals surface area contributed by atoms with Crippen LogP contribution in [0.2, 0.25) is 0 Å². The van der Waals surface area contributed by atoms with E-state index in [2.05, 4.69) is 38.8 Å². The molecule has 1 aromatic heterocycles. The molecular formula is C10H16N4OS. The number of hydrogen-bond donors (Lipinski definition) is 1. The molecule has 1 aromatic rings. The van der Waals surface area contributed by atoms with E-state index in [9.17, 15) is 0 Å². The zero-order valence-electron chi connectivity index (χ0n) is 9.51. The van der Waals surface area contributed by atoms with Gasteiger partial charge < -0.3 is 9.84 Å². The summed E-state index contributed by atoms with van der Waals surface area (Å²) in [5, 5.41) is 8.17. The van der Waals surface area contributed by atoms with Gasteiger partial charge in [-0.05, 0) is 12.8 Å². The van der Waals surface area contributed by atoms with Crippen LogP contribution in [0.15, 0.2) is 15.9 Å². The largest absolute Gasteiger partial charge is 0.362 e. The van der Waals surface area contributed by atoms with E-state index in [-0.39, 0.29) is 0 Å². The Kier molecular flexibility index (Phi) is 3.82. The molecule has 0 aliphatic carbocycles. The Balaban J connectivity index is 1.79. The maximum Gasteiger partial charge on any atom is 0.213 e. The van der Waals surface area contributed by atoms with Crippen LogP contribution in [0.3, 0.4) is 0 Å². The van der Waals surface area contributed by atoms with Crippen LogP contribution in [-0.4, -0.2) is 33.6 Å². The molecule has 2 atom stereocenters. The highest BCUT2D eigenvalue weighted by atomic mass is 32.2. The third-order valence-electron chi connectivity index (χ3n) is 2.69. The van der Waals surface area contributed by atoms with E-state index in [1.807, 2.05) is 0 Å². The summed E-state index contributed by atoms with van der Waals surface area (Å²) in [5.74, 6) is 2.54. The van der Waals surface area contributed by atoms with Gasteiger partial charge in [0.15, 0.2) is 11.0 Å². The Hall–Kier alpha value is -1.04. The molecule has 16 heavy (non-hydrogen) atoms. The lowest BCUT2D eigenvalue weighted by molar-refractivity contribution is 0.410. The molecule has 1 saturated heterocycles. The van der Waals surface area contributed by atoms with Crippen molar-refractivity contribution in [2.75, 3.05) is 12.3 Å². The maximum absolute atomic E-state index is 4.66. The standard InChI is InChI=1S/C10H16N4OS/c1-7-5-16-10(13-8(7)2)11-4-3-9-12-6-15-14-9/h6-8H,3-5H2,1-2H3,(H,11,13). The van der Waals surface area contributed by atoms with Gasteiger partial charge in [-0.15, -0.1) is 0 Å². The molecule has 5 nitrogen and oxygen atoms in total. The average Bonchev–Trinajstić information content (AvgIpc) is 2.76. The van der Waals surface area contributed by atoms with Crippen LogP contribution < -0.4 is 5.32 Å². The average molecular weight is 240 g/mol. The molecule has 0 saturated carbocycles. The second-order valence-electron chi connectivity index (χ2n) is 4.01. The van der Waals surface area contributed by atoms with Crippen LogP contribution in [-0.2, 0) is 6.42 Å². The quantitative estimate of drug-likeness (QED) is 0.863. The van der Waals surface area contributed by atoms with Crippen LogP contribution in [0.1, 0.15) is 19.7 Å². The van der Waals surface area contributed by atoms with Crippen molar-refractivity contribution in [2.45, 2.75) is 26.3 Å². The molecule has 6 heteroatoms. The van der Waals surface area contributed by atoms with Crippen LogP contribution >= 0.6 is 11.8 Å². The van der Waals surface area contributed by atoms with Gasteiger partial charge in [-0.2, -0.15) is 4.98 Å². The van der Waals surface area contributed by atoms with Gasteiger partial charge in [0.1, 0.15) is 0 Å². The molecule has 2 heterocycles. The SMILES string of the molecule is CC1CSC(=NCCc2ncon2)NC1C. The highest BCUT2D eigenvalue weighted by Crippen LogP contribution is 2.19. The monoisotopic (exact) mass is 240 g/mol. The smallest absolute Gasteiger partial charge is 0.213 e. The van der Waals surface area contributed by atoms with E-state index in [1.54, 1.807) is 11.8 Å². The highest BCUT2D eigenvalue weighted by Gasteiger charge is 2.20. The fraction of sp³-hybridized carbons (Fsp3) is 0.700. The summed E-state index contributed by atoms with van der Waals surface area (Å²) in [6.07, 6.45) is 2.08. The number of aromatic nitrogens is 2. The predicted molar refractivity (Wildman–Crippen MR) is 64.5 cm³/mol. The summed E-state index contributed by atoms with van der Waals surface area (Å²) in [4.78, 5) is 8.44. The van der Waals surface area contributed by atoms with Crippen molar-refractivity contribution >= 4 is 16.9 Å². The first-order valence-corrected chi connectivity index (χ1v) is 6.43. The van der Waals surface area contributed by atoms with Crippen molar-refractivity contribution < 1.29 is 4.52 Å². The van der Waals surface area contributed by atoms with E-state index in [0.717, 1.165) is 17.3 Å². The van der Waals surface area contributed by atoms with E-state index in [1.165, 1.54) is 6.39 Å². The first kappa shape index (κ1) is 11.4. The lowest BCUT2D eigenvalue weighted by atomic mass is 10.1. The number of hydrogen-bond acceptors (Lipinski definition) is 5. The summed E-state index contributed by atoms with van der Waals surface area (Å²) in [7, 11) is 0. The Morgan fingerprint density at radius 2 is 2.50 bits per heavy atom. The number of nitrogens with one attached hydrogen (secondary N) is 1. The zero-order valence-corrected chi connectivity index (χ0v) is 10.3. The van der Waals surface area contributed by atoms with E-state index in [4.69, 9.17) is 0 Å². The topological polar surface area (TPSA) is 63.3 Å². The van der Waals surface area contributed by atoms with Crippen molar-refractivity contribution in [2.24, 2.45) is 10.9 Å². The van der Waals surface area contributed by atoms with Crippen LogP contribution in [0, 0.1) is 5.92 Å². The Morgan fingerprint density at radius 3 is 3.19 bits per heavy atom. The first-order chi connectivity index (χ1) is 7.75. The Bertz CT molecular complexity index is 352. The summed E-state index contributed by atoms with van der Waals surface area (Å²) in [6.45, 7) is 5.15.